The summed E-state index contributed by atoms with van der Waals surface area (Å²) in [5.74, 6) is -0.443. The van der Waals surface area contributed by atoms with Crippen molar-refractivity contribution in [3.8, 4) is 11.1 Å². The van der Waals surface area contributed by atoms with Crippen molar-refractivity contribution in [2.24, 2.45) is 5.73 Å². The average molecular weight is 402 g/mol. The molecule has 0 heterocycles. The molecule has 0 bridgehead atoms. The summed E-state index contributed by atoms with van der Waals surface area (Å²) in [4.78, 5) is 24.5. The van der Waals surface area contributed by atoms with E-state index < -0.39 is 18.1 Å². The molecule has 30 heavy (non-hydrogen) atoms. The van der Waals surface area contributed by atoms with Crippen molar-refractivity contribution in [2.75, 3.05) is 11.9 Å². The Morgan fingerprint density at radius 3 is 2.10 bits per heavy atom. The molecule has 4 N–H and O–H groups in total. The van der Waals surface area contributed by atoms with Gasteiger partial charge >= 0.3 is 0 Å². The van der Waals surface area contributed by atoms with E-state index in [2.05, 4.69) is 41.7 Å². The van der Waals surface area contributed by atoms with Gasteiger partial charge in [-0.3, -0.25) is 9.59 Å². The summed E-state index contributed by atoms with van der Waals surface area (Å²) in [5.41, 5.74) is 8.89. The number of hydrogen-bond donors (Lipinski definition) is 3. The summed E-state index contributed by atoms with van der Waals surface area (Å²) in [6, 6.07) is 25.1. The monoisotopic (exact) mass is 402 g/mol. The number of carbonyl (C=O) groups is 2. The average Bonchev–Trinajstić information content (AvgIpc) is 2.79. The lowest BCUT2D eigenvalue weighted by Crippen LogP contribution is -2.51. The highest BCUT2D eigenvalue weighted by molar-refractivity contribution is 5.99. The fourth-order valence-electron chi connectivity index (χ4n) is 2.98. The molecule has 1 atom stereocenters. The highest BCUT2D eigenvalue weighted by Crippen LogP contribution is 2.20. The molecule has 1 amide bonds. The molecular weight excluding hydrogens is 376 g/mol. The van der Waals surface area contributed by atoms with Crippen LogP contribution in [0.5, 0.6) is 0 Å². The van der Waals surface area contributed by atoms with Crippen LogP contribution in [0.1, 0.15) is 29.3 Å². The molecule has 0 aliphatic rings. The first-order chi connectivity index (χ1) is 14.4. The number of Topliss-reactive ketones (excluding diaryl/α,β-unsaturated/α-hetero) is 1. The number of carbonyl (C=O) groups excluding carboxylic acids is 2. The van der Waals surface area contributed by atoms with Crippen LogP contribution >= 0.6 is 0 Å². The highest BCUT2D eigenvalue weighted by Gasteiger charge is 2.27. The summed E-state index contributed by atoms with van der Waals surface area (Å²) < 4.78 is 0. The second-order valence-electron chi connectivity index (χ2n) is 7.59. The lowest BCUT2D eigenvalue weighted by atomic mass is 9.99. The van der Waals surface area contributed by atoms with Gasteiger partial charge in [-0.1, -0.05) is 54.6 Å². The Labute approximate surface area is 176 Å². The Hall–Kier alpha value is -3.28. The van der Waals surface area contributed by atoms with Crippen LogP contribution in [0.15, 0.2) is 78.9 Å². The highest BCUT2D eigenvalue weighted by atomic mass is 16.3. The van der Waals surface area contributed by atoms with Gasteiger partial charge in [0, 0.05) is 17.7 Å². The van der Waals surface area contributed by atoms with Gasteiger partial charge in [-0.25, -0.2) is 0 Å². The first kappa shape index (κ1) is 21.4. The van der Waals surface area contributed by atoms with Gasteiger partial charge in [0.1, 0.15) is 5.54 Å². The van der Waals surface area contributed by atoms with E-state index in [1.165, 1.54) is 12.5 Å². The van der Waals surface area contributed by atoms with Crippen LogP contribution in [0.25, 0.3) is 11.1 Å². The molecule has 3 rings (SSSR count). The molecule has 154 valence electrons. The van der Waals surface area contributed by atoms with Crippen LogP contribution in [-0.4, -0.2) is 28.9 Å². The molecule has 5 nitrogen and oxygen atoms in total. The van der Waals surface area contributed by atoms with Crippen LogP contribution in [0.3, 0.4) is 0 Å². The van der Waals surface area contributed by atoms with E-state index in [-0.39, 0.29) is 5.78 Å². The normalized spacial score (nSPS) is 12.8. The number of aryl methyl sites for hydroxylation is 1. The zero-order valence-electron chi connectivity index (χ0n) is 17.0. The zero-order chi connectivity index (χ0) is 21.6. The minimum Gasteiger partial charge on any atom is -0.394 e. The third-order valence-corrected chi connectivity index (χ3v) is 5.01. The van der Waals surface area contributed by atoms with Gasteiger partial charge in [0.15, 0.2) is 5.78 Å². The Kier molecular flexibility index (Phi) is 6.77. The van der Waals surface area contributed by atoms with Crippen molar-refractivity contribution in [2.45, 2.75) is 25.3 Å². The molecule has 3 aromatic carbocycles. The molecule has 0 fully saturated rings. The molecule has 0 saturated heterocycles. The zero-order valence-corrected chi connectivity index (χ0v) is 17.0. The molecule has 0 unspecified atom stereocenters. The molecule has 5 heteroatoms. The van der Waals surface area contributed by atoms with E-state index in [1.54, 1.807) is 24.3 Å². The Balaban J connectivity index is 1.55. The standard InChI is InChI=1S/C25H26N2O3/c1-25(26,17-28)24(30)27-22-14-12-21(13-15-22)23(29)16-9-18-7-10-20(11-8-18)19-5-3-2-4-6-19/h2-8,10-15,28H,9,16-17,26H2,1H3,(H,27,30)/t25-/m0/s1. The lowest BCUT2D eigenvalue weighted by Gasteiger charge is -2.20. The van der Waals surface area contributed by atoms with E-state index in [1.807, 2.05) is 18.2 Å². The number of rotatable bonds is 8. The van der Waals surface area contributed by atoms with E-state index in [9.17, 15) is 9.59 Å². The smallest absolute Gasteiger partial charge is 0.246 e. The number of anilines is 1. The minimum absolute atomic E-state index is 0.0408. The van der Waals surface area contributed by atoms with Gasteiger partial charge in [0.2, 0.25) is 5.91 Å². The van der Waals surface area contributed by atoms with Crippen LogP contribution in [0, 0.1) is 0 Å². The van der Waals surface area contributed by atoms with Crippen LogP contribution in [0.2, 0.25) is 0 Å². The number of hydrogen-bond acceptors (Lipinski definition) is 4. The Morgan fingerprint density at radius 1 is 0.900 bits per heavy atom. The van der Waals surface area contributed by atoms with E-state index in [4.69, 9.17) is 10.8 Å². The minimum atomic E-state index is -1.36. The maximum absolute atomic E-state index is 12.5. The summed E-state index contributed by atoms with van der Waals surface area (Å²) in [6.07, 6.45) is 1.07. The first-order valence-electron chi connectivity index (χ1n) is 9.88. The Bertz CT molecular complexity index is 995. The fourth-order valence-corrected chi connectivity index (χ4v) is 2.98. The summed E-state index contributed by atoms with van der Waals surface area (Å²) in [5, 5.41) is 11.8. The summed E-state index contributed by atoms with van der Waals surface area (Å²) in [7, 11) is 0. The van der Waals surface area contributed by atoms with Crippen molar-refractivity contribution < 1.29 is 14.7 Å². The van der Waals surface area contributed by atoms with Crippen LogP contribution in [-0.2, 0) is 11.2 Å². The number of nitrogens with one attached hydrogen (secondary N) is 1. The molecular formula is C25H26N2O3. The molecule has 0 saturated carbocycles. The van der Waals surface area contributed by atoms with Crippen LogP contribution in [0.4, 0.5) is 5.69 Å². The second kappa shape index (κ2) is 9.48. The number of aliphatic hydroxyl groups excluding tert-OH is 1. The van der Waals surface area contributed by atoms with Gasteiger partial charge in [-0.2, -0.15) is 0 Å². The summed E-state index contributed by atoms with van der Waals surface area (Å²) in [6.45, 7) is 0.994. The number of aliphatic hydroxyl groups is 1. The van der Waals surface area contributed by atoms with Gasteiger partial charge in [-0.15, -0.1) is 0 Å². The molecule has 0 aliphatic carbocycles. The van der Waals surface area contributed by atoms with Crippen LogP contribution < -0.4 is 11.1 Å². The van der Waals surface area contributed by atoms with Gasteiger partial charge in [-0.05, 0) is 54.3 Å². The third-order valence-electron chi connectivity index (χ3n) is 5.01. The first-order valence-corrected chi connectivity index (χ1v) is 9.88. The molecule has 0 aliphatic heterocycles. The third kappa shape index (κ3) is 5.41. The SMILES string of the molecule is C[C@](N)(CO)C(=O)Nc1ccc(C(=O)CCc2ccc(-c3ccccc3)cc2)cc1. The van der Waals surface area contributed by atoms with E-state index in [0.717, 1.165) is 11.1 Å². The largest absolute Gasteiger partial charge is 0.394 e. The van der Waals surface area contributed by atoms with E-state index in [0.29, 0.717) is 24.1 Å². The maximum atomic E-state index is 12.5. The fraction of sp³-hybridized carbons (Fsp3) is 0.200. The number of nitrogens with two attached hydrogens (primary N) is 1. The van der Waals surface area contributed by atoms with Gasteiger partial charge < -0.3 is 16.2 Å². The lowest BCUT2D eigenvalue weighted by molar-refractivity contribution is -0.121. The van der Waals surface area contributed by atoms with Gasteiger partial charge in [0.25, 0.3) is 0 Å². The second-order valence-corrected chi connectivity index (χ2v) is 7.59. The van der Waals surface area contributed by atoms with Crippen molar-refractivity contribution in [3.63, 3.8) is 0 Å². The number of ketones is 1. The number of amides is 1. The molecule has 0 spiro atoms. The summed E-state index contributed by atoms with van der Waals surface area (Å²) >= 11 is 0. The molecule has 0 radical (unpaired) electrons. The topological polar surface area (TPSA) is 92.4 Å². The molecule has 3 aromatic rings. The predicted octanol–water partition coefficient (Wildman–Crippen LogP) is 3.82. The number of benzene rings is 3. The maximum Gasteiger partial charge on any atom is 0.246 e. The van der Waals surface area contributed by atoms with Crippen molar-refractivity contribution in [1.82, 2.24) is 0 Å². The van der Waals surface area contributed by atoms with Crippen molar-refractivity contribution in [3.05, 3.63) is 90.0 Å². The van der Waals surface area contributed by atoms with E-state index >= 15 is 0 Å². The van der Waals surface area contributed by atoms with Crippen molar-refractivity contribution >= 4 is 17.4 Å². The molecule has 0 aromatic heterocycles. The Morgan fingerprint density at radius 2 is 1.50 bits per heavy atom. The van der Waals surface area contributed by atoms with Gasteiger partial charge in [0.05, 0.1) is 6.61 Å². The quantitative estimate of drug-likeness (QED) is 0.500. The van der Waals surface area contributed by atoms with Crippen molar-refractivity contribution in [1.29, 1.82) is 0 Å². The predicted molar refractivity (Wildman–Crippen MR) is 119 cm³/mol.